The number of amides is 1. The van der Waals surface area contributed by atoms with Crippen molar-refractivity contribution in [3.8, 4) is 0 Å². The minimum atomic E-state index is -1.07. The number of aromatic nitrogens is 1. The predicted octanol–water partition coefficient (Wildman–Crippen LogP) is 2.66. The van der Waals surface area contributed by atoms with Gasteiger partial charge in [0.1, 0.15) is 5.69 Å². The Labute approximate surface area is 143 Å². The summed E-state index contributed by atoms with van der Waals surface area (Å²) in [5.41, 5.74) is 0.200. The first-order valence-electron chi connectivity index (χ1n) is 7.76. The van der Waals surface area contributed by atoms with Gasteiger partial charge in [0.05, 0.1) is 18.2 Å². The molecule has 1 amide bonds. The quantitative estimate of drug-likeness (QED) is 0.870. The summed E-state index contributed by atoms with van der Waals surface area (Å²) in [6, 6.07) is 6.62. The Hall–Kier alpha value is -2.25. The van der Waals surface area contributed by atoms with E-state index in [0.29, 0.717) is 13.1 Å². The molecule has 1 N–H and O–H groups in total. The molecule has 1 aliphatic rings. The zero-order chi connectivity index (χ0) is 16.9. The number of rotatable bonds is 6. The number of carbonyl (C=O) groups excluding carboxylic acids is 1. The largest absolute Gasteiger partial charge is 0.478 e. The van der Waals surface area contributed by atoms with Crippen LogP contribution in [0.5, 0.6) is 0 Å². The topological polar surface area (TPSA) is 79.7 Å². The number of carboxylic acids is 1. The van der Waals surface area contributed by atoms with Crippen molar-refractivity contribution in [3.63, 3.8) is 0 Å². The van der Waals surface area contributed by atoms with E-state index in [0.717, 1.165) is 24.3 Å². The normalized spacial score (nSPS) is 16.9. The third-order valence-electron chi connectivity index (χ3n) is 3.89. The summed E-state index contributed by atoms with van der Waals surface area (Å²) >= 11 is 1.58. The van der Waals surface area contributed by atoms with Crippen molar-refractivity contribution in [2.45, 2.75) is 25.5 Å². The summed E-state index contributed by atoms with van der Waals surface area (Å²) in [4.78, 5) is 30.8. The molecule has 2 aromatic heterocycles. The minimum absolute atomic E-state index is 0.0246. The number of aromatic carboxylic acids is 1. The van der Waals surface area contributed by atoms with E-state index in [2.05, 4.69) is 4.98 Å². The zero-order valence-electron chi connectivity index (χ0n) is 13.1. The zero-order valence-corrected chi connectivity index (χ0v) is 13.9. The van der Waals surface area contributed by atoms with E-state index in [4.69, 9.17) is 9.84 Å². The first-order chi connectivity index (χ1) is 11.6. The van der Waals surface area contributed by atoms with Gasteiger partial charge in [0.2, 0.25) is 0 Å². The van der Waals surface area contributed by atoms with Gasteiger partial charge < -0.3 is 14.7 Å². The fourth-order valence-corrected chi connectivity index (χ4v) is 3.41. The highest BCUT2D eigenvalue weighted by Crippen LogP contribution is 2.19. The second-order valence-corrected chi connectivity index (χ2v) is 6.67. The van der Waals surface area contributed by atoms with Gasteiger partial charge >= 0.3 is 5.97 Å². The lowest BCUT2D eigenvalue weighted by Crippen LogP contribution is -2.37. The van der Waals surface area contributed by atoms with Crippen LogP contribution in [0.4, 0.5) is 0 Å². The molecule has 1 saturated heterocycles. The van der Waals surface area contributed by atoms with Crippen LogP contribution in [0.25, 0.3) is 0 Å². The van der Waals surface area contributed by atoms with Crippen LogP contribution >= 0.6 is 11.3 Å². The van der Waals surface area contributed by atoms with Gasteiger partial charge in [-0.15, -0.1) is 11.3 Å². The van der Waals surface area contributed by atoms with Crippen LogP contribution in [0.1, 0.15) is 38.6 Å². The van der Waals surface area contributed by atoms with Crippen LogP contribution in [0, 0.1) is 0 Å². The van der Waals surface area contributed by atoms with Crippen LogP contribution in [-0.2, 0) is 11.3 Å². The molecule has 1 aliphatic heterocycles. The Balaban J connectivity index is 1.81. The first-order valence-corrected chi connectivity index (χ1v) is 8.64. The number of pyridine rings is 1. The Morgan fingerprint density at radius 1 is 1.42 bits per heavy atom. The maximum absolute atomic E-state index is 12.9. The van der Waals surface area contributed by atoms with E-state index in [9.17, 15) is 9.59 Å². The summed E-state index contributed by atoms with van der Waals surface area (Å²) < 4.78 is 5.65. The second kappa shape index (κ2) is 7.55. The van der Waals surface area contributed by atoms with E-state index < -0.39 is 5.97 Å². The number of carbonyl (C=O) groups is 2. The van der Waals surface area contributed by atoms with Crippen LogP contribution in [0.3, 0.4) is 0 Å². The first kappa shape index (κ1) is 16.6. The molecule has 1 fully saturated rings. The Morgan fingerprint density at radius 3 is 2.96 bits per heavy atom. The SMILES string of the molecule is O=C(O)c1ccnc(C(=O)N(Cc2cccs2)CC2CCCO2)c1. The molecular formula is C17H18N2O4S. The molecule has 0 saturated carbocycles. The molecule has 7 heteroatoms. The van der Waals surface area contributed by atoms with Gasteiger partial charge in [0.15, 0.2) is 0 Å². The summed E-state index contributed by atoms with van der Waals surface area (Å²) in [6.45, 7) is 1.67. The molecule has 0 bridgehead atoms. The van der Waals surface area contributed by atoms with Gasteiger partial charge in [-0.25, -0.2) is 4.79 Å². The maximum Gasteiger partial charge on any atom is 0.335 e. The third-order valence-corrected chi connectivity index (χ3v) is 4.75. The summed E-state index contributed by atoms with van der Waals surface area (Å²) in [6.07, 6.45) is 3.30. The average molecular weight is 346 g/mol. The monoisotopic (exact) mass is 346 g/mol. The maximum atomic E-state index is 12.9. The van der Waals surface area contributed by atoms with Crippen molar-refractivity contribution < 1.29 is 19.4 Å². The highest BCUT2D eigenvalue weighted by Gasteiger charge is 2.25. The van der Waals surface area contributed by atoms with E-state index in [1.165, 1.54) is 18.3 Å². The molecule has 0 radical (unpaired) electrons. The lowest BCUT2D eigenvalue weighted by Gasteiger charge is -2.24. The van der Waals surface area contributed by atoms with Crippen LogP contribution < -0.4 is 0 Å². The van der Waals surface area contributed by atoms with Gasteiger partial charge in [-0.3, -0.25) is 9.78 Å². The summed E-state index contributed by atoms with van der Waals surface area (Å²) in [5, 5.41) is 11.1. The number of carboxylic acid groups (broad SMARTS) is 1. The van der Waals surface area contributed by atoms with Crippen molar-refractivity contribution >= 4 is 23.2 Å². The fourth-order valence-electron chi connectivity index (χ4n) is 2.69. The van der Waals surface area contributed by atoms with E-state index in [1.54, 1.807) is 16.2 Å². The van der Waals surface area contributed by atoms with Crippen molar-refractivity contribution in [1.29, 1.82) is 0 Å². The summed E-state index contributed by atoms with van der Waals surface area (Å²) in [5.74, 6) is -1.35. The molecule has 6 nitrogen and oxygen atoms in total. The molecule has 3 rings (SSSR count). The molecule has 3 heterocycles. The van der Waals surface area contributed by atoms with Gasteiger partial charge in [-0.1, -0.05) is 6.07 Å². The molecule has 2 aromatic rings. The van der Waals surface area contributed by atoms with Gasteiger partial charge in [-0.2, -0.15) is 0 Å². The molecule has 24 heavy (non-hydrogen) atoms. The predicted molar refractivity (Wildman–Crippen MR) is 89.2 cm³/mol. The number of nitrogens with zero attached hydrogens (tertiary/aromatic N) is 2. The molecule has 0 aromatic carbocycles. The van der Waals surface area contributed by atoms with Gasteiger partial charge in [-0.05, 0) is 36.4 Å². The van der Waals surface area contributed by atoms with Gasteiger partial charge in [0, 0.05) is 24.2 Å². The Bertz CT molecular complexity index is 711. The highest BCUT2D eigenvalue weighted by molar-refractivity contribution is 7.09. The average Bonchev–Trinajstić information content (AvgIpc) is 3.27. The van der Waals surface area contributed by atoms with Crippen LogP contribution in [0.2, 0.25) is 0 Å². The van der Waals surface area contributed by atoms with E-state index in [-0.39, 0.29) is 23.3 Å². The second-order valence-electron chi connectivity index (χ2n) is 5.63. The van der Waals surface area contributed by atoms with E-state index >= 15 is 0 Å². The number of ether oxygens (including phenoxy) is 1. The van der Waals surface area contributed by atoms with Gasteiger partial charge in [0.25, 0.3) is 5.91 Å². The van der Waals surface area contributed by atoms with Crippen molar-refractivity contribution in [3.05, 3.63) is 52.0 Å². The van der Waals surface area contributed by atoms with Crippen LogP contribution in [-0.4, -0.2) is 46.1 Å². The number of hydrogen-bond donors (Lipinski definition) is 1. The smallest absolute Gasteiger partial charge is 0.335 e. The molecule has 126 valence electrons. The minimum Gasteiger partial charge on any atom is -0.478 e. The fraction of sp³-hybridized carbons (Fsp3) is 0.353. The lowest BCUT2D eigenvalue weighted by atomic mass is 10.2. The molecule has 0 spiro atoms. The van der Waals surface area contributed by atoms with Crippen LogP contribution in [0.15, 0.2) is 35.8 Å². The molecule has 1 atom stereocenters. The molecular weight excluding hydrogens is 328 g/mol. The number of thiophene rings is 1. The highest BCUT2D eigenvalue weighted by atomic mass is 32.1. The standard InChI is InChI=1S/C17H18N2O4S/c20-16(15-9-12(17(21)22)5-6-18-15)19(10-13-3-1-7-23-13)11-14-4-2-8-24-14/h2,4-6,8-9,13H,1,3,7,10-11H2,(H,21,22). The van der Waals surface area contributed by atoms with E-state index in [1.807, 2.05) is 17.5 Å². The number of hydrogen-bond acceptors (Lipinski definition) is 5. The molecule has 1 unspecified atom stereocenters. The summed E-state index contributed by atoms with van der Waals surface area (Å²) in [7, 11) is 0. The Kier molecular flexibility index (Phi) is 5.22. The van der Waals surface area contributed by atoms with Crippen molar-refractivity contribution in [2.24, 2.45) is 0 Å². The van der Waals surface area contributed by atoms with Crippen molar-refractivity contribution in [2.75, 3.05) is 13.2 Å². The Morgan fingerprint density at radius 2 is 2.29 bits per heavy atom. The molecule has 0 aliphatic carbocycles. The van der Waals surface area contributed by atoms with Crippen molar-refractivity contribution in [1.82, 2.24) is 9.88 Å². The lowest BCUT2D eigenvalue weighted by molar-refractivity contribution is 0.0505. The third kappa shape index (κ3) is 3.98.